The van der Waals surface area contributed by atoms with Crippen LogP contribution in [0.3, 0.4) is 0 Å². The smallest absolute Gasteiger partial charge is 0.261 e. The Hall–Kier alpha value is -3.00. The molecule has 0 bridgehead atoms. The number of Topliss-reactive ketones (excluding diaryl/α,β-unsaturated/α-hetero) is 1. The quantitative estimate of drug-likeness (QED) is 0.539. The molecule has 27 heavy (non-hydrogen) atoms. The molecule has 8 heteroatoms. The van der Waals surface area contributed by atoms with Gasteiger partial charge in [-0.2, -0.15) is 0 Å². The lowest BCUT2D eigenvalue weighted by molar-refractivity contribution is -0.114. The summed E-state index contributed by atoms with van der Waals surface area (Å²) < 4.78 is 14.4. The molecule has 0 atom stereocenters. The maximum Gasteiger partial charge on any atom is 0.261 e. The van der Waals surface area contributed by atoms with E-state index in [9.17, 15) is 18.8 Å². The molecule has 0 saturated carbocycles. The van der Waals surface area contributed by atoms with Crippen LogP contribution in [0, 0.1) is 5.82 Å². The van der Waals surface area contributed by atoms with Gasteiger partial charge in [-0.1, -0.05) is 0 Å². The number of amides is 1. The second-order valence-corrected chi connectivity index (χ2v) is 6.71. The van der Waals surface area contributed by atoms with Crippen molar-refractivity contribution < 1.29 is 14.0 Å². The Morgan fingerprint density at radius 1 is 1.22 bits per heavy atom. The summed E-state index contributed by atoms with van der Waals surface area (Å²) >= 11 is 1.40. The van der Waals surface area contributed by atoms with Crippen molar-refractivity contribution in [3.63, 3.8) is 0 Å². The molecule has 1 amide bonds. The van der Waals surface area contributed by atoms with E-state index in [0.29, 0.717) is 11.3 Å². The number of ketones is 1. The summed E-state index contributed by atoms with van der Waals surface area (Å²) in [5, 5.41) is 2.95. The zero-order valence-corrected chi connectivity index (χ0v) is 15.5. The predicted octanol–water partition coefficient (Wildman–Crippen LogP) is 3.10. The van der Waals surface area contributed by atoms with E-state index in [0.717, 1.165) is 4.90 Å². The Labute approximate surface area is 158 Å². The Morgan fingerprint density at radius 3 is 2.70 bits per heavy atom. The molecule has 0 radical (unpaired) electrons. The number of fused-ring (bicyclic) bond motifs is 1. The van der Waals surface area contributed by atoms with Crippen molar-refractivity contribution in [1.29, 1.82) is 0 Å². The molecule has 138 valence electrons. The number of aromatic nitrogens is 2. The molecule has 3 rings (SSSR count). The minimum absolute atomic E-state index is 0.188. The Bertz CT molecular complexity index is 1110. The maximum atomic E-state index is 13.3. The number of halogens is 1. The molecule has 3 aromatic rings. The van der Waals surface area contributed by atoms with Crippen LogP contribution in [-0.4, -0.2) is 27.5 Å². The number of hydrogen-bond donors (Lipinski definition) is 1. The van der Waals surface area contributed by atoms with Crippen molar-refractivity contribution in [3.8, 4) is 0 Å². The van der Waals surface area contributed by atoms with Crippen LogP contribution in [0.5, 0.6) is 0 Å². The van der Waals surface area contributed by atoms with Gasteiger partial charge in [0, 0.05) is 23.4 Å². The van der Waals surface area contributed by atoms with Gasteiger partial charge in [0.15, 0.2) is 5.78 Å². The first-order chi connectivity index (χ1) is 12.9. The fourth-order valence-corrected chi connectivity index (χ4v) is 3.23. The van der Waals surface area contributed by atoms with Gasteiger partial charge in [0.2, 0.25) is 5.91 Å². The van der Waals surface area contributed by atoms with E-state index in [-0.39, 0.29) is 29.1 Å². The Kier molecular flexibility index (Phi) is 5.36. The van der Waals surface area contributed by atoms with Crippen molar-refractivity contribution in [2.24, 2.45) is 0 Å². The number of rotatable bonds is 5. The highest BCUT2D eigenvalue weighted by Crippen LogP contribution is 2.27. The molecule has 0 aliphatic carbocycles. The topological polar surface area (TPSA) is 81.1 Å². The van der Waals surface area contributed by atoms with Gasteiger partial charge >= 0.3 is 0 Å². The second-order valence-electron chi connectivity index (χ2n) is 5.86. The lowest BCUT2D eigenvalue weighted by Crippen LogP contribution is -2.24. The van der Waals surface area contributed by atoms with E-state index in [1.165, 1.54) is 47.8 Å². The summed E-state index contributed by atoms with van der Waals surface area (Å²) in [7, 11) is 0. The number of hydrogen-bond acceptors (Lipinski definition) is 5. The van der Waals surface area contributed by atoms with Gasteiger partial charge in [-0.3, -0.25) is 19.0 Å². The van der Waals surface area contributed by atoms with Crippen LogP contribution >= 0.6 is 11.8 Å². The summed E-state index contributed by atoms with van der Waals surface area (Å²) in [6.07, 6.45) is 3.08. The fourth-order valence-electron chi connectivity index (χ4n) is 2.65. The van der Waals surface area contributed by atoms with Gasteiger partial charge in [-0.05, 0) is 36.6 Å². The second kappa shape index (κ2) is 7.71. The minimum atomic E-state index is -0.480. The average Bonchev–Trinajstić information content (AvgIpc) is 2.63. The first-order valence-electron chi connectivity index (χ1n) is 8.02. The van der Waals surface area contributed by atoms with E-state index in [1.807, 2.05) is 6.26 Å². The number of carbonyl (C=O) groups is 2. The Morgan fingerprint density at radius 2 is 2.00 bits per heavy atom. The highest BCUT2D eigenvalue weighted by molar-refractivity contribution is 7.98. The van der Waals surface area contributed by atoms with E-state index < -0.39 is 11.4 Å². The molecule has 0 aliphatic heterocycles. The number of carbonyl (C=O) groups excluding carboxylic acids is 2. The van der Waals surface area contributed by atoms with E-state index in [1.54, 1.807) is 18.2 Å². The third-order valence-electron chi connectivity index (χ3n) is 3.94. The number of nitrogens with one attached hydrogen (secondary N) is 1. The van der Waals surface area contributed by atoms with Crippen molar-refractivity contribution >= 4 is 40.0 Å². The Balaban J connectivity index is 1.90. The predicted molar refractivity (Wildman–Crippen MR) is 103 cm³/mol. The van der Waals surface area contributed by atoms with Gasteiger partial charge in [0.1, 0.15) is 5.82 Å². The van der Waals surface area contributed by atoms with Gasteiger partial charge in [-0.15, -0.1) is 11.8 Å². The van der Waals surface area contributed by atoms with Crippen LogP contribution in [0.1, 0.15) is 17.3 Å². The van der Waals surface area contributed by atoms with E-state index in [4.69, 9.17) is 0 Å². The molecular formula is C19H16FN3O3S. The van der Waals surface area contributed by atoms with Crippen LogP contribution in [-0.2, 0) is 11.3 Å². The van der Waals surface area contributed by atoms with Crippen LogP contribution in [0.4, 0.5) is 10.1 Å². The molecule has 0 spiro atoms. The minimum Gasteiger partial charge on any atom is -0.325 e. The maximum absolute atomic E-state index is 13.3. The highest BCUT2D eigenvalue weighted by Gasteiger charge is 2.13. The molecule has 1 heterocycles. The van der Waals surface area contributed by atoms with Crippen LogP contribution < -0.4 is 10.9 Å². The number of nitrogens with zero attached hydrogens (tertiary/aromatic N) is 2. The van der Waals surface area contributed by atoms with Crippen LogP contribution in [0.25, 0.3) is 10.9 Å². The summed E-state index contributed by atoms with van der Waals surface area (Å²) in [6, 6.07) is 8.65. The van der Waals surface area contributed by atoms with E-state index in [2.05, 4.69) is 10.3 Å². The summed E-state index contributed by atoms with van der Waals surface area (Å²) in [5.74, 6) is -0.952. The van der Waals surface area contributed by atoms with Crippen molar-refractivity contribution in [3.05, 3.63) is 64.5 Å². The molecule has 1 N–H and O–H groups in total. The number of thioether (sulfide) groups is 1. The van der Waals surface area contributed by atoms with Gasteiger partial charge in [-0.25, -0.2) is 9.37 Å². The largest absolute Gasteiger partial charge is 0.325 e. The average molecular weight is 385 g/mol. The first-order valence-corrected chi connectivity index (χ1v) is 9.25. The molecule has 2 aromatic carbocycles. The molecule has 0 unspecified atom stereocenters. The first kappa shape index (κ1) is 18.8. The van der Waals surface area contributed by atoms with Gasteiger partial charge in [0.25, 0.3) is 5.56 Å². The molecule has 0 fully saturated rings. The van der Waals surface area contributed by atoms with Crippen LogP contribution in [0.2, 0.25) is 0 Å². The third-order valence-corrected chi connectivity index (χ3v) is 4.71. The molecule has 1 aromatic heterocycles. The van der Waals surface area contributed by atoms with Crippen molar-refractivity contribution in [1.82, 2.24) is 9.55 Å². The lowest BCUT2D eigenvalue weighted by Gasteiger charge is -2.11. The fraction of sp³-hybridized carbons (Fsp3) is 0.158. The van der Waals surface area contributed by atoms with Gasteiger partial charge in [0.05, 0.1) is 29.5 Å². The zero-order valence-electron chi connectivity index (χ0n) is 14.7. The summed E-state index contributed by atoms with van der Waals surface area (Å²) in [5.41, 5.74) is 0.874. The van der Waals surface area contributed by atoms with E-state index >= 15 is 0 Å². The lowest BCUT2D eigenvalue weighted by atomic mass is 10.1. The van der Waals surface area contributed by atoms with Crippen molar-refractivity contribution in [2.75, 3.05) is 11.6 Å². The number of anilines is 1. The molecule has 0 aliphatic rings. The zero-order chi connectivity index (χ0) is 19.6. The highest BCUT2D eigenvalue weighted by atomic mass is 32.2. The van der Waals surface area contributed by atoms with Gasteiger partial charge < -0.3 is 5.32 Å². The summed E-state index contributed by atoms with van der Waals surface area (Å²) in [4.78, 5) is 41.2. The standard InChI is InChI=1S/C19H16FN3O3S/c1-11(24)22-15-6-3-12(7-18(15)27-2)17(25)9-23-10-21-16-8-13(20)4-5-14(16)19(23)26/h3-8,10H,9H2,1-2H3,(H,22,24). The molecule has 0 saturated heterocycles. The van der Waals surface area contributed by atoms with Crippen LogP contribution in [0.15, 0.2) is 52.4 Å². The normalized spacial score (nSPS) is 10.8. The molecule has 6 nitrogen and oxygen atoms in total. The van der Waals surface area contributed by atoms with Crippen molar-refractivity contribution in [2.45, 2.75) is 18.4 Å². The summed E-state index contributed by atoms with van der Waals surface area (Å²) in [6.45, 7) is 1.22. The monoisotopic (exact) mass is 385 g/mol. The SMILES string of the molecule is CSc1cc(C(=O)Cn2cnc3cc(F)ccc3c2=O)ccc1NC(C)=O. The number of benzene rings is 2. The third kappa shape index (κ3) is 4.06. The molecular weight excluding hydrogens is 369 g/mol.